The van der Waals surface area contributed by atoms with Crippen LogP contribution in [0.5, 0.6) is 0 Å². The molecule has 1 amide bonds. The van der Waals surface area contributed by atoms with Crippen molar-refractivity contribution < 1.29 is 14.3 Å². The number of carbonyl (C=O) groups is 2. The van der Waals surface area contributed by atoms with Crippen molar-refractivity contribution in [1.82, 2.24) is 14.4 Å². The Bertz CT molecular complexity index is 1000. The van der Waals surface area contributed by atoms with Gasteiger partial charge in [-0.15, -0.1) is 0 Å². The number of ether oxygens (including phenoxy) is 1. The SMILES string of the molecule is COC(=O)/C(=C/c1cccc(C)n1)c1ccc2ncc(C(N)=O)n2c1. The van der Waals surface area contributed by atoms with Crippen molar-refractivity contribution in [2.45, 2.75) is 6.92 Å². The van der Waals surface area contributed by atoms with E-state index >= 15 is 0 Å². The average Bonchev–Trinajstić information content (AvgIpc) is 3.02. The number of nitrogens with two attached hydrogens (primary N) is 1. The van der Waals surface area contributed by atoms with Crippen LogP contribution in [0.25, 0.3) is 17.3 Å². The highest BCUT2D eigenvalue weighted by molar-refractivity contribution is 6.21. The highest BCUT2D eigenvalue weighted by Gasteiger charge is 2.16. The molecule has 0 spiro atoms. The number of hydrogen-bond donors (Lipinski definition) is 1. The second-order valence-corrected chi connectivity index (χ2v) is 5.41. The van der Waals surface area contributed by atoms with E-state index < -0.39 is 11.9 Å². The van der Waals surface area contributed by atoms with Gasteiger partial charge in [0.25, 0.3) is 5.91 Å². The van der Waals surface area contributed by atoms with Gasteiger partial charge in [-0.05, 0) is 37.3 Å². The molecule has 3 heterocycles. The minimum absolute atomic E-state index is 0.231. The normalized spacial score (nSPS) is 11.5. The van der Waals surface area contributed by atoms with Crippen LogP contribution in [-0.2, 0) is 9.53 Å². The van der Waals surface area contributed by atoms with Gasteiger partial charge in [0.2, 0.25) is 0 Å². The predicted octanol–water partition coefficient (Wildman–Crippen LogP) is 1.85. The predicted molar refractivity (Wildman–Crippen MR) is 92.6 cm³/mol. The molecule has 3 rings (SSSR count). The van der Waals surface area contributed by atoms with Crippen LogP contribution < -0.4 is 5.73 Å². The van der Waals surface area contributed by atoms with Crippen molar-refractivity contribution >= 4 is 29.2 Å². The monoisotopic (exact) mass is 336 g/mol. The van der Waals surface area contributed by atoms with Crippen molar-refractivity contribution in [3.05, 3.63) is 65.4 Å². The van der Waals surface area contributed by atoms with Gasteiger partial charge in [-0.2, -0.15) is 0 Å². The van der Waals surface area contributed by atoms with Crippen LogP contribution in [0.3, 0.4) is 0 Å². The van der Waals surface area contributed by atoms with E-state index in [2.05, 4.69) is 9.97 Å². The lowest BCUT2D eigenvalue weighted by atomic mass is 10.1. The Morgan fingerprint density at radius 1 is 1.24 bits per heavy atom. The van der Waals surface area contributed by atoms with Gasteiger partial charge >= 0.3 is 5.97 Å². The van der Waals surface area contributed by atoms with Gasteiger partial charge in [0.05, 0.1) is 24.6 Å². The molecule has 0 saturated carbocycles. The Balaban J connectivity index is 2.16. The van der Waals surface area contributed by atoms with Crippen LogP contribution in [0.4, 0.5) is 0 Å². The number of pyridine rings is 2. The maximum Gasteiger partial charge on any atom is 0.338 e. The lowest BCUT2D eigenvalue weighted by molar-refractivity contribution is -0.133. The largest absolute Gasteiger partial charge is 0.465 e. The van der Waals surface area contributed by atoms with E-state index in [-0.39, 0.29) is 5.69 Å². The van der Waals surface area contributed by atoms with Gasteiger partial charge in [-0.3, -0.25) is 14.2 Å². The molecule has 0 bridgehead atoms. The maximum atomic E-state index is 12.3. The molecule has 0 aliphatic rings. The van der Waals surface area contributed by atoms with Crippen molar-refractivity contribution in [1.29, 1.82) is 0 Å². The number of primary amides is 1. The fourth-order valence-corrected chi connectivity index (χ4v) is 2.48. The van der Waals surface area contributed by atoms with E-state index in [1.807, 2.05) is 19.1 Å². The quantitative estimate of drug-likeness (QED) is 0.579. The van der Waals surface area contributed by atoms with Crippen LogP contribution in [0.15, 0.2) is 42.7 Å². The van der Waals surface area contributed by atoms with Gasteiger partial charge in [0.15, 0.2) is 0 Å². The Morgan fingerprint density at radius 3 is 2.72 bits per heavy atom. The second kappa shape index (κ2) is 6.56. The number of nitrogens with zero attached hydrogens (tertiary/aromatic N) is 3. The number of amides is 1. The smallest absolute Gasteiger partial charge is 0.338 e. The van der Waals surface area contributed by atoms with Crippen molar-refractivity contribution in [2.75, 3.05) is 7.11 Å². The third-order valence-corrected chi connectivity index (χ3v) is 3.68. The molecule has 126 valence electrons. The first-order valence-electron chi connectivity index (χ1n) is 7.50. The Morgan fingerprint density at radius 2 is 2.04 bits per heavy atom. The molecule has 3 aromatic heterocycles. The number of carbonyl (C=O) groups excluding carboxylic acids is 2. The van der Waals surface area contributed by atoms with Crippen LogP contribution in [0.1, 0.15) is 27.4 Å². The molecule has 0 fully saturated rings. The molecule has 0 radical (unpaired) electrons. The minimum Gasteiger partial charge on any atom is -0.465 e. The first-order chi connectivity index (χ1) is 12.0. The number of aryl methyl sites for hydroxylation is 1. The Kier molecular flexibility index (Phi) is 4.30. The number of methoxy groups -OCH3 is 1. The van der Waals surface area contributed by atoms with E-state index in [0.717, 1.165) is 5.69 Å². The van der Waals surface area contributed by atoms with E-state index in [1.54, 1.807) is 30.5 Å². The van der Waals surface area contributed by atoms with E-state index in [4.69, 9.17) is 10.5 Å². The summed E-state index contributed by atoms with van der Waals surface area (Å²) in [6.07, 6.45) is 4.66. The van der Waals surface area contributed by atoms with Crippen LogP contribution in [-0.4, -0.2) is 33.4 Å². The zero-order valence-corrected chi connectivity index (χ0v) is 13.8. The summed E-state index contributed by atoms with van der Waals surface area (Å²) in [6.45, 7) is 1.87. The topological polar surface area (TPSA) is 99.6 Å². The molecule has 7 heteroatoms. The number of hydrogen-bond acceptors (Lipinski definition) is 5. The highest BCUT2D eigenvalue weighted by atomic mass is 16.5. The molecule has 7 nitrogen and oxygen atoms in total. The summed E-state index contributed by atoms with van der Waals surface area (Å²) in [6, 6.07) is 8.94. The van der Waals surface area contributed by atoms with Crippen LogP contribution in [0.2, 0.25) is 0 Å². The summed E-state index contributed by atoms with van der Waals surface area (Å²) in [5.41, 5.74) is 8.47. The number of aromatic nitrogens is 3. The molecule has 0 aromatic carbocycles. The first kappa shape index (κ1) is 16.4. The molecule has 2 N–H and O–H groups in total. The minimum atomic E-state index is -0.603. The van der Waals surface area contributed by atoms with E-state index in [1.165, 1.54) is 17.7 Å². The molecular weight excluding hydrogens is 320 g/mol. The molecule has 0 saturated heterocycles. The summed E-state index contributed by atoms with van der Waals surface area (Å²) in [4.78, 5) is 32.3. The summed E-state index contributed by atoms with van der Waals surface area (Å²) in [5.74, 6) is -1.11. The van der Waals surface area contributed by atoms with Gasteiger partial charge < -0.3 is 10.5 Å². The van der Waals surface area contributed by atoms with Crippen molar-refractivity contribution in [2.24, 2.45) is 5.73 Å². The molecule has 0 unspecified atom stereocenters. The second-order valence-electron chi connectivity index (χ2n) is 5.41. The lowest BCUT2D eigenvalue weighted by Gasteiger charge is -2.08. The van der Waals surface area contributed by atoms with Gasteiger partial charge in [-0.25, -0.2) is 9.78 Å². The number of rotatable bonds is 4. The number of imidazole rings is 1. The fourth-order valence-electron chi connectivity index (χ4n) is 2.48. The maximum absolute atomic E-state index is 12.3. The van der Waals surface area contributed by atoms with Gasteiger partial charge in [0, 0.05) is 17.5 Å². The third-order valence-electron chi connectivity index (χ3n) is 3.68. The number of fused-ring (bicyclic) bond motifs is 1. The van der Waals surface area contributed by atoms with Crippen molar-refractivity contribution in [3.63, 3.8) is 0 Å². The Labute approximate surface area is 143 Å². The van der Waals surface area contributed by atoms with Crippen molar-refractivity contribution in [3.8, 4) is 0 Å². The molecule has 3 aromatic rings. The summed E-state index contributed by atoms with van der Waals surface area (Å²) in [7, 11) is 1.31. The lowest BCUT2D eigenvalue weighted by Crippen LogP contribution is -2.14. The zero-order valence-electron chi connectivity index (χ0n) is 13.8. The summed E-state index contributed by atoms with van der Waals surface area (Å²) >= 11 is 0. The third kappa shape index (κ3) is 3.25. The zero-order chi connectivity index (χ0) is 18.0. The summed E-state index contributed by atoms with van der Waals surface area (Å²) in [5, 5.41) is 0. The van der Waals surface area contributed by atoms with Crippen LogP contribution >= 0.6 is 0 Å². The van der Waals surface area contributed by atoms with Gasteiger partial charge in [-0.1, -0.05) is 6.07 Å². The fraction of sp³-hybridized carbons (Fsp3) is 0.111. The van der Waals surface area contributed by atoms with E-state index in [9.17, 15) is 9.59 Å². The number of esters is 1. The van der Waals surface area contributed by atoms with Gasteiger partial charge in [0.1, 0.15) is 11.3 Å². The molecule has 0 aliphatic carbocycles. The van der Waals surface area contributed by atoms with Crippen LogP contribution in [0, 0.1) is 6.92 Å². The average molecular weight is 336 g/mol. The first-order valence-corrected chi connectivity index (χ1v) is 7.50. The molecule has 0 aliphatic heterocycles. The molecule has 25 heavy (non-hydrogen) atoms. The summed E-state index contributed by atoms with van der Waals surface area (Å²) < 4.78 is 6.43. The molecule has 0 atom stereocenters. The highest BCUT2D eigenvalue weighted by Crippen LogP contribution is 2.21. The van der Waals surface area contributed by atoms with E-state index in [0.29, 0.717) is 22.5 Å². The Hall–Kier alpha value is -3.48. The molecular formula is C18H16N4O3. The standard InChI is InChI=1S/C18H16N4O3/c1-11-4-3-5-13(21-11)8-14(18(24)25-2)12-6-7-16-20-9-15(17(19)23)22(16)10-12/h3-10H,1-2H3,(H2,19,23)/b14-8+.